The van der Waals surface area contributed by atoms with Gasteiger partial charge in [0, 0.05) is 29.9 Å². The number of Topliss-reactive ketones (excluding diaryl/α,β-unsaturated/α-hetero) is 1. The number of aryl methyl sites for hydroxylation is 1. The Kier molecular flexibility index (Phi) is 9.16. The average Bonchev–Trinajstić information content (AvgIpc) is 3.37. The number of methoxy groups -OCH3 is 1. The van der Waals surface area contributed by atoms with Crippen LogP contribution >= 0.6 is 0 Å². The lowest BCUT2D eigenvalue weighted by Crippen LogP contribution is -2.50. The molecule has 0 fully saturated rings. The average molecular weight is 548 g/mol. The Hall–Kier alpha value is -3.95. The zero-order valence-electron chi connectivity index (χ0n) is 21.8. The topological polar surface area (TPSA) is 131 Å². The number of nitrogens with two attached hydrogens (primary N) is 1. The van der Waals surface area contributed by atoms with Crippen LogP contribution in [0.2, 0.25) is 0 Å². The zero-order valence-corrected chi connectivity index (χ0v) is 22.6. The maximum absolute atomic E-state index is 13.4. The second kappa shape index (κ2) is 12.7. The Bertz CT molecular complexity index is 1530. The van der Waals surface area contributed by atoms with Gasteiger partial charge in [0.25, 0.3) is 0 Å². The molecule has 4 aromatic rings. The SMILES string of the molecule is COc1ccccc1CCC(=O)NC(N)C(Cc1c[nH]c2ccccc12)C(=O)CCS(=O)(=O)c1ccccc1. The van der Waals surface area contributed by atoms with Gasteiger partial charge in [0.2, 0.25) is 5.91 Å². The number of benzene rings is 3. The number of H-pyrrole nitrogens is 1. The van der Waals surface area contributed by atoms with E-state index >= 15 is 0 Å². The molecule has 1 aromatic heterocycles. The van der Waals surface area contributed by atoms with Crippen LogP contribution in [0.1, 0.15) is 24.0 Å². The molecular formula is C30H33N3O5S. The van der Waals surface area contributed by atoms with Crippen molar-refractivity contribution in [1.29, 1.82) is 0 Å². The lowest BCUT2D eigenvalue weighted by molar-refractivity contribution is -0.125. The summed E-state index contributed by atoms with van der Waals surface area (Å²) in [5.74, 6) is -1.08. The third-order valence-electron chi connectivity index (χ3n) is 6.82. The van der Waals surface area contributed by atoms with E-state index in [0.717, 1.165) is 22.0 Å². The summed E-state index contributed by atoms with van der Waals surface area (Å²) >= 11 is 0. The van der Waals surface area contributed by atoms with E-state index in [-0.39, 0.29) is 41.6 Å². The van der Waals surface area contributed by atoms with E-state index in [1.54, 1.807) is 25.3 Å². The molecule has 0 aliphatic rings. The smallest absolute Gasteiger partial charge is 0.221 e. The second-order valence-corrected chi connectivity index (χ2v) is 11.5. The first-order valence-corrected chi connectivity index (χ1v) is 14.5. The summed E-state index contributed by atoms with van der Waals surface area (Å²) < 4.78 is 31.0. The molecule has 0 radical (unpaired) electrons. The summed E-state index contributed by atoms with van der Waals surface area (Å²) in [6.45, 7) is 0. The Morgan fingerprint density at radius 3 is 2.38 bits per heavy atom. The van der Waals surface area contributed by atoms with Crippen molar-refractivity contribution in [3.63, 3.8) is 0 Å². The van der Waals surface area contributed by atoms with E-state index < -0.39 is 21.9 Å². The molecule has 0 spiro atoms. The Morgan fingerprint density at radius 1 is 0.923 bits per heavy atom. The van der Waals surface area contributed by atoms with Crippen LogP contribution in [0.4, 0.5) is 0 Å². The fourth-order valence-corrected chi connectivity index (χ4v) is 5.94. The number of sulfone groups is 1. The van der Waals surface area contributed by atoms with Crippen molar-refractivity contribution in [2.75, 3.05) is 12.9 Å². The van der Waals surface area contributed by atoms with Gasteiger partial charge in [-0.05, 0) is 48.2 Å². The summed E-state index contributed by atoms with van der Waals surface area (Å²) in [6, 6.07) is 23.2. The Balaban J connectivity index is 1.48. The first-order valence-electron chi connectivity index (χ1n) is 12.8. The highest BCUT2D eigenvalue weighted by Gasteiger charge is 2.29. The number of aromatic amines is 1. The summed E-state index contributed by atoms with van der Waals surface area (Å²) in [6.07, 6.45) is 1.47. The normalized spacial score (nSPS) is 13.1. The van der Waals surface area contributed by atoms with Gasteiger partial charge in [-0.15, -0.1) is 0 Å². The molecule has 3 aromatic carbocycles. The van der Waals surface area contributed by atoms with Gasteiger partial charge in [-0.3, -0.25) is 9.59 Å². The third kappa shape index (κ3) is 7.13. The van der Waals surface area contributed by atoms with E-state index in [0.29, 0.717) is 12.2 Å². The van der Waals surface area contributed by atoms with Crippen LogP contribution in [-0.2, 0) is 32.3 Å². The van der Waals surface area contributed by atoms with Gasteiger partial charge in [-0.2, -0.15) is 0 Å². The van der Waals surface area contributed by atoms with Crippen molar-refractivity contribution in [2.45, 2.75) is 36.7 Å². The van der Waals surface area contributed by atoms with Crippen molar-refractivity contribution in [3.05, 3.63) is 96.2 Å². The van der Waals surface area contributed by atoms with Crippen LogP contribution in [0.25, 0.3) is 10.9 Å². The number of hydrogen-bond acceptors (Lipinski definition) is 6. The maximum atomic E-state index is 13.4. The minimum absolute atomic E-state index is 0.157. The Labute approximate surface area is 228 Å². The van der Waals surface area contributed by atoms with Crippen molar-refractivity contribution in [3.8, 4) is 5.75 Å². The molecule has 2 unspecified atom stereocenters. The summed E-state index contributed by atoms with van der Waals surface area (Å²) in [5, 5.41) is 3.72. The second-order valence-electron chi connectivity index (χ2n) is 9.42. The van der Waals surface area contributed by atoms with Crippen LogP contribution in [0.3, 0.4) is 0 Å². The van der Waals surface area contributed by atoms with Gasteiger partial charge in [0.05, 0.1) is 29.8 Å². The molecule has 0 saturated heterocycles. The minimum Gasteiger partial charge on any atom is -0.496 e. The zero-order chi connectivity index (χ0) is 27.8. The molecule has 204 valence electrons. The molecule has 0 saturated carbocycles. The predicted molar refractivity (Wildman–Crippen MR) is 151 cm³/mol. The van der Waals surface area contributed by atoms with E-state index in [2.05, 4.69) is 10.3 Å². The molecule has 1 amide bonds. The summed E-state index contributed by atoms with van der Waals surface area (Å²) in [4.78, 5) is 29.6. The molecule has 4 N–H and O–H groups in total. The van der Waals surface area contributed by atoms with Crippen LogP contribution in [0, 0.1) is 5.92 Å². The van der Waals surface area contributed by atoms with Gasteiger partial charge in [-0.25, -0.2) is 8.42 Å². The molecule has 1 heterocycles. The van der Waals surface area contributed by atoms with Gasteiger partial charge < -0.3 is 20.8 Å². The number of rotatable bonds is 13. The molecule has 4 rings (SSSR count). The first kappa shape index (κ1) is 28.1. The highest BCUT2D eigenvalue weighted by molar-refractivity contribution is 7.91. The monoisotopic (exact) mass is 547 g/mol. The number of nitrogens with one attached hydrogen (secondary N) is 2. The number of carbonyl (C=O) groups is 2. The van der Waals surface area contributed by atoms with Crippen LogP contribution < -0.4 is 15.8 Å². The number of amides is 1. The lowest BCUT2D eigenvalue weighted by Gasteiger charge is -2.24. The summed E-state index contributed by atoms with van der Waals surface area (Å²) in [5.41, 5.74) is 9.09. The number of ether oxygens (including phenoxy) is 1. The molecular weight excluding hydrogens is 514 g/mol. The summed E-state index contributed by atoms with van der Waals surface area (Å²) in [7, 11) is -2.07. The fraction of sp³-hybridized carbons (Fsp3) is 0.267. The van der Waals surface area contributed by atoms with Crippen molar-refractivity contribution < 1.29 is 22.7 Å². The first-order chi connectivity index (χ1) is 18.8. The van der Waals surface area contributed by atoms with Crippen molar-refractivity contribution in [2.24, 2.45) is 11.7 Å². The molecule has 39 heavy (non-hydrogen) atoms. The highest BCUT2D eigenvalue weighted by Crippen LogP contribution is 2.24. The van der Waals surface area contributed by atoms with E-state index in [1.165, 1.54) is 12.1 Å². The minimum atomic E-state index is -3.65. The lowest BCUT2D eigenvalue weighted by atomic mass is 9.91. The number of ketones is 1. The standard InChI is InChI=1S/C30H33N3O5S/c1-38-28-14-8-5-9-21(28)15-16-29(35)33-30(31)25(19-22-20-32-26-13-7-6-12-24(22)26)27(34)17-18-39(36,37)23-10-3-2-4-11-23/h2-14,20,25,30,32H,15-19,31H2,1H3,(H,33,35). The third-order valence-corrected chi connectivity index (χ3v) is 8.55. The van der Waals surface area contributed by atoms with Crippen LogP contribution in [-0.4, -0.2) is 44.1 Å². The fourth-order valence-electron chi connectivity index (χ4n) is 4.66. The number of aromatic nitrogens is 1. The molecule has 0 aliphatic heterocycles. The van der Waals surface area contributed by atoms with Gasteiger partial charge in [0.15, 0.2) is 9.84 Å². The largest absolute Gasteiger partial charge is 0.496 e. The predicted octanol–water partition coefficient (Wildman–Crippen LogP) is 3.80. The number of para-hydroxylation sites is 2. The number of carbonyl (C=O) groups excluding carboxylic acids is 2. The number of fused-ring (bicyclic) bond motifs is 1. The van der Waals surface area contributed by atoms with Gasteiger partial charge in [0.1, 0.15) is 11.5 Å². The van der Waals surface area contributed by atoms with Crippen molar-refractivity contribution >= 4 is 32.4 Å². The molecule has 8 nitrogen and oxygen atoms in total. The van der Waals surface area contributed by atoms with Crippen molar-refractivity contribution in [1.82, 2.24) is 10.3 Å². The molecule has 0 aliphatic carbocycles. The quantitative estimate of drug-likeness (QED) is 0.218. The maximum Gasteiger partial charge on any atom is 0.221 e. The van der Waals surface area contributed by atoms with E-state index in [9.17, 15) is 18.0 Å². The molecule has 2 atom stereocenters. The van der Waals surface area contributed by atoms with Gasteiger partial charge >= 0.3 is 0 Å². The Morgan fingerprint density at radius 2 is 1.62 bits per heavy atom. The molecule has 9 heteroatoms. The van der Waals surface area contributed by atoms with Crippen LogP contribution in [0.15, 0.2) is 90.0 Å². The highest BCUT2D eigenvalue weighted by atomic mass is 32.2. The van der Waals surface area contributed by atoms with Crippen LogP contribution in [0.5, 0.6) is 5.75 Å². The molecule has 0 bridgehead atoms. The van der Waals surface area contributed by atoms with E-state index in [1.807, 2.05) is 54.7 Å². The van der Waals surface area contributed by atoms with E-state index in [4.69, 9.17) is 10.5 Å². The van der Waals surface area contributed by atoms with Gasteiger partial charge in [-0.1, -0.05) is 54.6 Å². The number of hydrogen-bond donors (Lipinski definition) is 3.